The van der Waals surface area contributed by atoms with Crippen LogP contribution in [-0.4, -0.2) is 91.1 Å². The molecule has 1 saturated heterocycles. The van der Waals surface area contributed by atoms with Crippen molar-refractivity contribution in [2.75, 3.05) is 13.2 Å². The first kappa shape index (κ1) is 26.8. The first-order valence-electron chi connectivity index (χ1n) is 12.3. The number of fused-ring (bicyclic) bond motifs is 1. The molecule has 0 bridgehead atoms. The molecule has 1 aliphatic rings. The number of nitrogens with two attached hydrogens (primary N) is 1. The van der Waals surface area contributed by atoms with Gasteiger partial charge in [-0.05, 0) is 24.5 Å². The second-order valence-electron chi connectivity index (χ2n) is 9.28. The summed E-state index contributed by atoms with van der Waals surface area (Å²) in [5, 5.41) is 25.1. The molecule has 13 nitrogen and oxygen atoms in total. The Hall–Kier alpha value is -4.23. The lowest BCUT2D eigenvalue weighted by Crippen LogP contribution is -2.57. The molecule has 8 N–H and O–H groups in total. The van der Waals surface area contributed by atoms with E-state index >= 15 is 0 Å². The van der Waals surface area contributed by atoms with Crippen LogP contribution in [0.1, 0.15) is 24.1 Å². The number of carbonyl (C=O) groups is 4. The number of H-pyrrole nitrogens is 2. The maximum atomic E-state index is 13.4. The summed E-state index contributed by atoms with van der Waals surface area (Å²) >= 11 is 0. The number of hydrogen-bond acceptors (Lipinski definition) is 7. The van der Waals surface area contributed by atoms with Crippen molar-refractivity contribution in [1.82, 2.24) is 30.5 Å². The molecule has 0 aliphatic carbocycles. The summed E-state index contributed by atoms with van der Waals surface area (Å²) in [4.78, 5) is 62.4. The van der Waals surface area contributed by atoms with E-state index in [4.69, 9.17) is 5.73 Å². The summed E-state index contributed by atoms with van der Waals surface area (Å²) in [7, 11) is 0. The minimum absolute atomic E-state index is 0.0290. The summed E-state index contributed by atoms with van der Waals surface area (Å²) in [6, 6.07) is 3.07. The quantitative estimate of drug-likeness (QED) is 0.166. The molecule has 13 heteroatoms. The van der Waals surface area contributed by atoms with Crippen molar-refractivity contribution in [2.45, 2.75) is 49.9 Å². The number of imidazole rings is 1. The molecule has 0 saturated carbocycles. The Kier molecular flexibility index (Phi) is 8.38. The van der Waals surface area contributed by atoms with E-state index in [0.717, 1.165) is 16.5 Å². The van der Waals surface area contributed by atoms with E-state index < -0.39 is 54.5 Å². The van der Waals surface area contributed by atoms with Crippen molar-refractivity contribution in [1.29, 1.82) is 0 Å². The van der Waals surface area contributed by atoms with Gasteiger partial charge in [0.25, 0.3) is 0 Å². The fourth-order valence-corrected chi connectivity index (χ4v) is 4.68. The highest BCUT2D eigenvalue weighted by molar-refractivity contribution is 5.95. The number of nitrogens with one attached hydrogen (secondary N) is 4. The molecule has 0 radical (unpaired) electrons. The van der Waals surface area contributed by atoms with E-state index in [1.807, 2.05) is 24.3 Å². The molecular formula is C25H31N7O6. The fourth-order valence-electron chi connectivity index (χ4n) is 4.68. The molecule has 1 aromatic carbocycles. The second-order valence-corrected chi connectivity index (χ2v) is 9.28. The summed E-state index contributed by atoms with van der Waals surface area (Å²) in [5.41, 5.74) is 7.81. The SMILES string of the molecule is NC(CO)C(=O)N1CCCC1C(=O)NC(Cc1c[nH]c2ccccc12)C(=O)NC(Cc1cnc[nH]1)C(=O)O. The summed E-state index contributed by atoms with van der Waals surface area (Å²) in [5.74, 6) is -3.02. The Morgan fingerprint density at radius 1 is 1.13 bits per heavy atom. The first-order valence-corrected chi connectivity index (χ1v) is 12.3. The molecule has 1 fully saturated rings. The topological polar surface area (TPSA) is 207 Å². The average molecular weight is 526 g/mol. The number of aromatic amines is 2. The summed E-state index contributed by atoms with van der Waals surface area (Å²) in [6.45, 7) is -0.253. The molecule has 4 atom stereocenters. The van der Waals surface area contributed by atoms with Gasteiger partial charge in [0.15, 0.2) is 0 Å². The van der Waals surface area contributed by atoms with Gasteiger partial charge in [-0.3, -0.25) is 14.4 Å². The number of aromatic nitrogens is 3. The van der Waals surface area contributed by atoms with Crippen molar-refractivity contribution in [3.8, 4) is 0 Å². The number of carboxylic acids is 1. The Morgan fingerprint density at radius 2 is 1.92 bits per heavy atom. The Balaban J connectivity index is 1.56. The number of aliphatic carboxylic acids is 1. The van der Waals surface area contributed by atoms with E-state index in [1.54, 1.807) is 6.20 Å². The van der Waals surface area contributed by atoms with Crippen molar-refractivity contribution < 1.29 is 29.4 Å². The predicted octanol–water partition coefficient (Wildman–Crippen LogP) is -0.959. The predicted molar refractivity (Wildman–Crippen MR) is 136 cm³/mol. The van der Waals surface area contributed by atoms with E-state index in [9.17, 15) is 29.4 Å². The van der Waals surface area contributed by atoms with Gasteiger partial charge in [0.1, 0.15) is 24.2 Å². The fraction of sp³-hybridized carbons (Fsp3) is 0.400. The number of aliphatic hydroxyl groups excluding tert-OH is 1. The minimum atomic E-state index is -1.27. The monoisotopic (exact) mass is 525 g/mol. The molecule has 0 spiro atoms. The first-order chi connectivity index (χ1) is 18.3. The number of amides is 3. The summed E-state index contributed by atoms with van der Waals surface area (Å²) in [6.07, 6.45) is 5.60. The van der Waals surface area contributed by atoms with Gasteiger partial charge in [-0.1, -0.05) is 18.2 Å². The molecule has 3 amide bonds. The van der Waals surface area contributed by atoms with Crippen LogP contribution in [0.25, 0.3) is 10.9 Å². The van der Waals surface area contributed by atoms with Gasteiger partial charge < -0.3 is 41.4 Å². The van der Waals surface area contributed by atoms with Crippen molar-refractivity contribution in [3.63, 3.8) is 0 Å². The second kappa shape index (κ2) is 11.9. The lowest BCUT2D eigenvalue weighted by atomic mass is 10.0. The smallest absolute Gasteiger partial charge is 0.326 e. The molecule has 3 aromatic rings. The number of likely N-dealkylation sites (tertiary alicyclic amines) is 1. The van der Waals surface area contributed by atoms with Crippen molar-refractivity contribution >= 4 is 34.6 Å². The van der Waals surface area contributed by atoms with Crippen LogP contribution in [0.2, 0.25) is 0 Å². The van der Waals surface area contributed by atoms with Gasteiger partial charge in [-0.15, -0.1) is 0 Å². The zero-order valence-corrected chi connectivity index (χ0v) is 20.6. The highest BCUT2D eigenvalue weighted by Crippen LogP contribution is 2.21. The minimum Gasteiger partial charge on any atom is -0.480 e. The average Bonchev–Trinajstić information content (AvgIpc) is 3.68. The Morgan fingerprint density at radius 3 is 2.63 bits per heavy atom. The molecule has 1 aliphatic heterocycles. The summed E-state index contributed by atoms with van der Waals surface area (Å²) < 4.78 is 0. The van der Waals surface area contributed by atoms with E-state index in [1.165, 1.54) is 17.4 Å². The largest absolute Gasteiger partial charge is 0.480 e. The zero-order chi connectivity index (χ0) is 27.2. The third-order valence-corrected chi connectivity index (χ3v) is 6.68. The highest BCUT2D eigenvalue weighted by atomic mass is 16.4. The molecule has 38 heavy (non-hydrogen) atoms. The van der Waals surface area contributed by atoms with E-state index in [-0.39, 0.29) is 12.8 Å². The zero-order valence-electron chi connectivity index (χ0n) is 20.6. The van der Waals surface area contributed by atoms with E-state index in [0.29, 0.717) is 25.1 Å². The van der Waals surface area contributed by atoms with Gasteiger partial charge in [0.05, 0.1) is 12.9 Å². The van der Waals surface area contributed by atoms with Crippen LogP contribution in [0.3, 0.4) is 0 Å². The Labute approximate surface area is 217 Å². The standard InChI is InChI=1S/C25H31N7O6/c26-17(12-33)24(36)32-7-3-6-21(32)23(35)30-19(8-14-10-28-18-5-2-1-4-16(14)18)22(34)31-20(25(37)38)9-15-11-27-13-29-15/h1-2,4-5,10-11,13,17,19-21,28,33H,3,6-9,12,26H2,(H,27,29)(H,30,35)(H,31,34)(H,37,38). The van der Waals surface area contributed by atoms with Gasteiger partial charge in [0, 0.05) is 48.4 Å². The Bertz CT molecular complexity index is 1290. The van der Waals surface area contributed by atoms with Crippen LogP contribution < -0.4 is 16.4 Å². The number of aliphatic hydroxyl groups is 1. The van der Waals surface area contributed by atoms with Gasteiger partial charge in [-0.2, -0.15) is 0 Å². The number of nitrogens with zero attached hydrogens (tertiary/aromatic N) is 2. The number of hydrogen-bond donors (Lipinski definition) is 7. The van der Waals surface area contributed by atoms with Crippen LogP contribution in [0, 0.1) is 0 Å². The van der Waals surface area contributed by atoms with E-state index in [2.05, 4.69) is 25.6 Å². The number of para-hydroxylation sites is 1. The molecular weight excluding hydrogens is 494 g/mol. The highest BCUT2D eigenvalue weighted by Gasteiger charge is 2.38. The molecule has 2 aromatic heterocycles. The van der Waals surface area contributed by atoms with Gasteiger partial charge >= 0.3 is 5.97 Å². The maximum Gasteiger partial charge on any atom is 0.326 e. The van der Waals surface area contributed by atoms with Crippen LogP contribution >= 0.6 is 0 Å². The van der Waals surface area contributed by atoms with Gasteiger partial charge in [0.2, 0.25) is 17.7 Å². The molecule has 202 valence electrons. The van der Waals surface area contributed by atoms with Gasteiger partial charge in [-0.25, -0.2) is 9.78 Å². The molecule has 4 unspecified atom stereocenters. The lowest BCUT2D eigenvalue weighted by Gasteiger charge is -2.28. The van der Waals surface area contributed by atoms with Crippen molar-refractivity contribution in [3.05, 3.63) is 54.2 Å². The van der Waals surface area contributed by atoms with Crippen LogP contribution in [-0.2, 0) is 32.0 Å². The molecule has 4 rings (SSSR count). The maximum absolute atomic E-state index is 13.4. The van der Waals surface area contributed by atoms with Crippen molar-refractivity contribution in [2.24, 2.45) is 5.73 Å². The third-order valence-electron chi connectivity index (χ3n) is 6.68. The normalized spacial score (nSPS) is 17.6. The van der Waals surface area contributed by atoms with Crippen LogP contribution in [0.5, 0.6) is 0 Å². The van der Waals surface area contributed by atoms with Crippen LogP contribution in [0.4, 0.5) is 0 Å². The molecule has 3 heterocycles. The number of benzene rings is 1. The van der Waals surface area contributed by atoms with Crippen LogP contribution in [0.15, 0.2) is 43.0 Å². The number of carboxylic acid groups (broad SMARTS) is 1. The third kappa shape index (κ3) is 6.01. The lowest BCUT2D eigenvalue weighted by molar-refractivity contribution is -0.143. The number of carbonyl (C=O) groups excluding carboxylic acids is 3. The number of rotatable bonds is 11.